The van der Waals surface area contributed by atoms with Crippen molar-refractivity contribution in [2.24, 2.45) is 11.8 Å². The summed E-state index contributed by atoms with van der Waals surface area (Å²) in [6.07, 6.45) is 2.92. The predicted octanol–water partition coefficient (Wildman–Crippen LogP) is 1.27. The average Bonchev–Trinajstić information content (AvgIpc) is 2.06. The molecule has 1 fully saturated rings. The molecule has 0 aromatic carbocycles. The molecule has 0 heterocycles. The highest BCUT2D eigenvalue weighted by atomic mass is 32.2. The molecule has 0 aliphatic heterocycles. The van der Waals surface area contributed by atoms with Crippen molar-refractivity contribution in [1.29, 1.82) is 0 Å². The minimum atomic E-state index is -4.00. The lowest BCUT2D eigenvalue weighted by molar-refractivity contribution is -0.125. The molecular weight excluding hydrogens is 204 g/mol. The van der Waals surface area contributed by atoms with E-state index in [4.69, 9.17) is 4.55 Å². The molecule has 5 heteroatoms. The number of rotatable bonds is 3. The third-order valence-electron chi connectivity index (χ3n) is 2.86. The molecule has 2 atom stereocenters. The molecule has 0 spiro atoms. The topological polar surface area (TPSA) is 71.4 Å². The summed E-state index contributed by atoms with van der Waals surface area (Å²) >= 11 is 0. The maximum absolute atomic E-state index is 11.5. The Morgan fingerprint density at radius 2 is 2.07 bits per heavy atom. The zero-order valence-corrected chi connectivity index (χ0v) is 9.09. The summed E-state index contributed by atoms with van der Waals surface area (Å²) in [5.41, 5.74) is 0. The molecule has 82 valence electrons. The first-order chi connectivity index (χ1) is 6.42. The standard InChI is InChI=1S/C9H16O4S/c1-2-7-3-4-8(9(10)5-7)6-14(11,12)13/h7-8H,2-6H2,1H3,(H,11,12,13)/t7-,8?/m0/s1. The monoisotopic (exact) mass is 220 g/mol. The van der Waals surface area contributed by atoms with E-state index in [1.165, 1.54) is 0 Å². The largest absolute Gasteiger partial charge is 0.299 e. The van der Waals surface area contributed by atoms with Crippen LogP contribution in [0.1, 0.15) is 32.6 Å². The van der Waals surface area contributed by atoms with E-state index < -0.39 is 21.8 Å². The van der Waals surface area contributed by atoms with Crippen molar-refractivity contribution in [2.75, 3.05) is 5.75 Å². The van der Waals surface area contributed by atoms with Crippen molar-refractivity contribution in [1.82, 2.24) is 0 Å². The molecule has 0 radical (unpaired) electrons. The minimum Gasteiger partial charge on any atom is -0.299 e. The molecule has 1 aliphatic carbocycles. The average molecular weight is 220 g/mol. The van der Waals surface area contributed by atoms with Gasteiger partial charge in [0.05, 0.1) is 5.75 Å². The number of ketones is 1. The van der Waals surface area contributed by atoms with E-state index in [0.29, 0.717) is 18.8 Å². The second-order valence-electron chi connectivity index (χ2n) is 3.97. The molecule has 0 amide bonds. The summed E-state index contributed by atoms with van der Waals surface area (Å²) in [5, 5.41) is 0. The Morgan fingerprint density at radius 1 is 1.43 bits per heavy atom. The Kier molecular flexibility index (Phi) is 3.66. The summed E-state index contributed by atoms with van der Waals surface area (Å²) in [6.45, 7) is 2.03. The Bertz CT molecular complexity index is 307. The minimum absolute atomic E-state index is 0.0132. The molecule has 0 aromatic heterocycles. The number of hydrogen-bond acceptors (Lipinski definition) is 3. The maximum Gasteiger partial charge on any atom is 0.265 e. The van der Waals surface area contributed by atoms with Crippen LogP contribution in [0, 0.1) is 11.8 Å². The van der Waals surface area contributed by atoms with Crippen LogP contribution in [-0.2, 0) is 14.9 Å². The summed E-state index contributed by atoms with van der Waals surface area (Å²) in [5.74, 6) is -0.490. The van der Waals surface area contributed by atoms with E-state index in [1.54, 1.807) is 0 Å². The van der Waals surface area contributed by atoms with Gasteiger partial charge in [-0.2, -0.15) is 8.42 Å². The smallest absolute Gasteiger partial charge is 0.265 e. The zero-order valence-electron chi connectivity index (χ0n) is 8.27. The Hall–Kier alpha value is -0.420. The van der Waals surface area contributed by atoms with Gasteiger partial charge < -0.3 is 0 Å². The Balaban J connectivity index is 2.55. The van der Waals surface area contributed by atoms with Gasteiger partial charge in [-0.15, -0.1) is 0 Å². The van der Waals surface area contributed by atoms with E-state index in [-0.39, 0.29) is 5.78 Å². The molecule has 14 heavy (non-hydrogen) atoms. The van der Waals surface area contributed by atoms with Crippen LogP contribution in [0.15, 0.2) is 0 Å². The van der Waals surface area contributed by atoms with E-state index in [0.717, 1.165) is 12.8 Å². The van der Waals surface area contributed by atoms with E-state index >= 15 is 0 Å². The number of carbonyl (C=O) groups is 1. The third kappa shape index (κ3) is 3.38. The van der Waals surface area contributed by atoms with Gasteiger partial charge in [-0.3, -0.25) is 9.35 Å². The van der Waals surface area contributed by atoms with Crippen LogP contribution in [0.3, 0.4) is 0 Å². The van der Waals surface area contributed by atoms with Crippen molar-refractivity contribution >= 4 is 15.9 Å². The first-order valence-corrected chi connectivity index (χ1v) is 6.51. The molecular formula is C9H16O4S. The van der Waals surface area contributed by atoms with Gasteiger partial charge in [-0.1, -0.05) is 13.3 Å². The molecule has 4 nitrogen and oxygen atoms in total. The first kappa shape index (κ1) is 11.7. The van der Waals surface area contributed by atoms with Gasteiger partial charge in [0.1, 0.15) is 5.78 Å². The highest BCUT2D eigenvalue weighted by Gasteiger charge is 2.30. The van der Waals surface area contributed by atoms with E-state index in [1.807, 2.05) is 6.92 Å². The molecule has 1 saturated carbocycles. The van der Waals surface area contributed by atoms with Gasteiger partial charge >= 0.3 is 0 Å². The lowest BCUT2D eigenvalue weighted by Gasteiger charge is -2.25. The van der Waals surface area contributed by atoms with Crippen molar-refractivity contribution in [3.8, 4) is 0 Å². The maximum atomic E-state index is 11.5. The van der Waals surface area contributed by atoms with Crippen LogP contribution < -0.4 is 0 Å². The molecule has 1 N–H and O–H groups in total. The molecule has 1 unspecified atom stereocenters. The van der Waals surface area contributed by atoms with Crippen LogP contribution in [0.2, 0.25) is 0 Å². The number of carbonyl (C=O) groups excluding carboxylic acids is 1. The van der Waals surface area contributed by atoms with Crippen LogP contribution in [-0.4, -0.2) is 24.5 Å². The van der Waals surface area contributed by atoms with Gasteiger partial charge in [0.2, 0.25) is 0 Å². The molecule has 1 rings (SSSR count). The molecule has 0 saturated heterocycles. The van der Waals surface area contributed by atoms with Gasteiger partial charge in [0.15, 0.2) is 0 Å². The van der Waals surface area contributed by atoms with Crippen molar-refractivity contribution in [3.05, 3.63) is 0 Å². The van der Waals surface area contributed by atoms with Crippen LogP contribution >= 0.6 is 0 Å². The second kappa shape index (κ2) is 4.40. The fraction of sp³-hybridized carbons (Fsp3) is 0.889. The Labute approximate surface area is 84.4 Å². The van der Waals surface area contributed by atoms with Crippen LogP contribution in [0.5, 0.6) is 0 Å². The Morgan fingerprint density at radius 3 is 2.50 bits per heavy atom. The summed E-state index contributed by atoms with van der Waals surface area (Å²) < 4.78 is 29.8. The van der Waals surface area contributed by atoms with E-state index in [9.17, 15) is 13.2 Å². The molecule has 1 aliphatic rings. The zero-order chi connectivity index (χ0) is 10.8. The number of Topliss-reactive ketones (excluding diaryl/α,β-unsaturated/α-hetero) is 1. The SMILES string of the molecule is CC[C@H]1CCC(CS(=O)(=O)O)C(=O)C1. The van der Waals surface area contributed by atoms with Crippen molar-refractivity contribution < 1.29 is 17.8 Å². The van der Waals surface area contributed by atoms with Gasteiger partial charge in [-0.05, 0) is 18.8 Å². The van der Waals surface area contributed by atoms with Gasteiger partial charge in [0, 0.05) is 12.3 Å². The lowest BCUT2D eigenvalue weighted by Crippen LogP contribution is -2.30. The van der Waals surface area contributed by atoms with E-state index in [2.05, 4.69) is 0 Å². The lowest BCUT2D eigenvalue weighted by atomic mass is 9.81. The van der Waals surface area contributed by atoms with Crippen molar-refractivity contribution in [2.45, 2.75) is 32.6 Å². The quantitative estimate of drug-likeness (QED) is 0.727. The fourth-order valence-electron chi connectivity index (χ4n) is 1.93. The van der Waals surface area contributed by atoms with Crippen molar-refractivity contribution in [3.63, 3.8) is 0 Å². The van der Waals surface area contributed by atoms with Gasteiger partial charge in [-0.25, -0.2) is 0 Å². The third-order valence-corrected chi connectivity index (χ3v) is 3.68. The fourth-order valence-corrected chi connectivity index (χ4v) is 2.79. The second-order valence-corrected chi connectivity index (χ2v) is 5.46. The normalized spacial score (nSPS) is 29.1. The highest BCUT2D eigenvalue weighted by Crippen LogP contribution is 2.28. The summed E-state index contributed by atoms with van der Waals surface area (Å²) in [6, 6.07) is 0. The number of hydrogen-bond donors (Lipinski definition) is 1. The molecule has 0 aromatic rings. The molecule has 0 bridgehead atoms. The van der Waals surface area contributed by atoms with Crippen LogP contribution in [0.25, 0.3) is 0 Å². The summed E-state index contributed by atoms with van der Waals surface area (Å²) in [7, 11) is -4.00. The van der Waals surface area contributed by atoms with Crippen LogP contribution in [0.4, 0.5) is 0 Å². The predicted molar refractivity (Wildman–Crippen MR) is 52.5 cm³/mol. The summed E-state index contributed by atoms with van der Waals surface area (Å²) in [4.78, 5) is 11.5. The highest BCUT2D eigenvalue weighted by molar-refractivity contribution is 7.85. The first-order valence-electron chi connectivity index (χ1n) is 4.90. The van der Waals surface area contributed by atoms with Gasteiger partial charge in [0.25, 0.3) is 10.1 Å².